The summed E-state index contributed by atoms with van der Waals surface area (Å²) >= 11 is 0. The van der Waals surface area contributed by atoms with Gasteiger partial charge in [0, 0.05) is 43.4 Å². The first-order chi connectivity index (χ1) is 33.3. The lowest BCUT2D eigenvalue weighted by molar-refractivity contribution is -0.151. The van der Waals surface area contributed by atoms with Gasteiger partial charge in [-0.1, -0.05) is 93.2 Å². The van der Waals surface area contributed by atoms with Gasteiger partial charge in [0.05, 0.1) is 0 Å². The van der Waals surface area contributed by atoms with E-state index in [1.807, 2.05) is 46.4 Å². The Bertz CT molecular complexity index is 1720. The van der Waals surface area contributed by atoms with E-state index in [9.17, 15) is 19.2 Å². The number of unbranched alkanes of at least 4 members (excludes halogenated alkanes) is 1. The number of nitrogens with zero attached hydrogens (tertiary/aromatic N) is 1. The predicted molar refractivity (Wildman–Crippen MR) is 290 cm³/mol. The molecule has 11 nitrogen and oxygen atoms in total. The van der Waals surface area contributed by atoms with Gasteiger partial charge in [-0.2, -0.15) is 0 Å². The van der Waals surface area contributed by atoms with Crippen molar-refractivity contribution >= 4 is 24.1 Å². The quantitative estimate of drug-likeness (QED) is 0.0320. The maximum absolute atomic E-state index is 14.0. The van der Waals surface area contributed by atoms with Crippen LogP contribution in [0.5, 0.6) is 0 Å². The zero-order valence-corrected chi connectivity index (χ0v) is 48.3. The van der Waals surface area contributed by atoms with Crippen LogP contribution >= 0.6 is 0 Å². The van der Waals surface area contributed by atoms with Crippen molar-refractivity contribution in [1.29, 1.82) is 0 Å². The van der Waals surface area contributed by atoms with Gasteiger partial charge >= 0.3 is 18.2 Å². The van der Waals surface area contributed by atoms with Crippen LogP contribution < -0.4 is 16.0 Å². The average Bonchev–Trinajstić information content (AvgIpc) is 3.64. The van der Waals surface area contributed by atoms with Gasteiger partial charge in [0.25, 0.3) is 0 Å². The normalized spacial score (nSPS) is 26.1. The average molecular weight is 998 g/mol. The molecule has 3 amide bonds. The molecule has 0 radical (unpaired) electrons. The van der Waals surface area contributed by atoms with Crippen molar-refractivity contribution in [2.75, 3.05) is 26.2 Å². The number of ether oxygens (including phenoxy) is 3. The lowest BCUT2D eigenvalue weighted by Crippen LogP contribution is -2.51. The number of fused-ring (bicyclic) bond motifs is 5. The molecule has 4 aliphatic carbocycles. The number of allylic oxidation sites excluding steroid dienone is 1. The molecule has 8 atom stereocenters. The number of alkyl carbamates (subject to hydrolysis) is 2. The molecule has 4 rings (SSSR count). The van der Waals surface area contributed by atoms with Gasteiger partial charge in [-0.3, -0.25) is 9.59 Å². The number of nitrogens with one attached hydrogen (secondary N) is 3. The van der Waals surface area contributed by atoms with Crippen molar-refractivity contribution in [3.8, 4) is 0 Å². The smallest absolute Gasteiger partial charge is 0.408 e. The van der Waals surface area contributed by atoms with Crippen LogP contribution in [0.25, 0.3) is 0 Å². The molecule has 0 aliphatic heterocycles. The molecule has 11 heteroatoms. The van der Waals surface area contributed by atoms with Crippen molar-refractivity contribution in [3.63, 3.8) is 0 Å². The molecule has 0 aromatic carbocycles. The first-order valence-electron chi connectivity index (χ1n) is 29.2. The largest absolute Gasteiger partial charge is 0.462 e. The fourth-order valence-corrected chi connectivity index (χ4v) is 14.0. The van der Waals surface area contributed by atoms with Gasteiger partial charge in [0.15, 0.2) is 0 Å². The summed E-state index contributed by atoms with van der Waals surface area (Å²) in [5.74, 6) is 4.63. The predicted octanol–water partition coefficient (Wildman–Crippen LogP) is 14.3. The highest BCUT2D eigenvalue weighted by Gasteiger charge is 2.59. The van der Waals surface area contributed by atoms with Crippen molar-refractivity contribution in [3.05, 3.63) is 11.6 Å². The molecular weight excluding hydrogens is 889 g/mol. The van der Waals surface area contributed by atoms with Gasteiger partial charge < -0.3 is 35.1 Å². The molecule has 0 aromatic heterocycles. The van der Waals surface area contributed by atoms with E-state index in [4.69, 9.17) is 14.2 Å². The molecule has 0 spiro atoms. The number of hydrogen-bond donors (Lipinski definition) is 3. The summed E-state index contributed by atoms with van der Waals surface area (Å²) in [5, 5.41) is 9.87. The Morgan fingerprint density at radius 3 is 1.92 bits per heavy atom. The third-order valence-electron chi connectivity index (χ3n) is 18.6. The standard InChI is InChI=1S/C60H108N4O7/c1-16-59(17-2,62-53(67)70-55(8,9)10)36-39-61-38-20-21-40-64(41-37-60(18-3,19-4)63-54(68)71-56(11,12)13)51(65)26-23-27-52(66)69-46-32-34-57(14)45(42-46)28-29-47-49-31-30-48(44(7)25-22-24-43(5)6)58(49,15)35-33-50(47)57/h28,43-44,46-50,61H,16-27,29-42H2,1-15H3,(H,62,67)(H,63,68)/t44-,46+,47+,48-,49+,50+,57+,58-/m1/s1. The first kappa shape index (κ1) is 60.7. The van der Waals surface area contributed by atoms with Crippen molar-refractivity contribution in [1.82, 2.24) is 20.9 Å². The summed E-state index contributed by atoms with van der Waals surface area (Å²) in [4.78, 5) is 55.1. The number of esters is 1. The number of carbonyl (C=O) groups is 4. The van der Waals surface area contributed by atoms with E-state index in [1.165, 1.54) is 56.9 Å². The van der Waals surface area contributed by atoms with E-state index < -0.39 is 22.8 Å². The van der Waals surface area contributed by atoms with Gasteiger partial charge in [0.2, 0.25) is 5.91 Å². The second-order valence-corrected chi connectivity index (χ2v) is 26.1. The van der Waals surface area contributed by atoms with E-state index in [2.05, 4.69) is 84.3 Å². The van der Waals surface area contributed by atoms with E-state index in [-0.39, 0.29) is 47.9 Å². The molecule has 3 fully saturated rings. The number of carbonyl (C=O) groups excluding carboxylic acids is 4. The summed E-state index contributed by atoms with van der Waals surface area (Å²) in [6.45, 7) is 34.6. The third kappa shape index (κ3) is 17.4. The number of hydrogen-bond acceptors (Lipinski definition) is 8. The SMILES string of the molecule is CCC(CC)(CCNCCCCN(CCC(CC)(CC)NC(=O)OC(C)(C)C)C(=O)CCCC(=O)O[C@H]1CC[C@@]2(C)C(=CC[C@H]3[C@@H]4CC[C@H]([C@H](C)CCCC(C)C)[C@@]4(C)CC[C@@H]32)C1)NC(=O)OC(C)(C)C. The molecule has 0 bridgehead atoms. The van der Waals surface area contributed by atoms with Crippen LogP contribution in [0.15, 0.2) is 11.6 Å². The molecule has 0 saturated heterocycles. The van der Waals surface area contributed by atoms with Gasteiger partial charge in [-0.25, -0.2) is 9.59 Å². The van der Waals surface area contributed by atoms with Gasteiger partial charge in [-0.15, -0.1) is 0 Å². The molecule has 0 heterocycles. The van der Waals surface area contributed by atoms with Crippen molar-refractivity contribution < 1.29 is 33.4 Å². The molecular formula is C60H108N4O7. The highest BCUT2D eigenvalue weighted by Crippen LogP contribution is 2.67. The van der Waals surface area contributed by atoms with Crippen LogP contribution in [-0.4, -0.2) is 83.5 Å². The van der Waals surface area contributed by atoms with Crippen LogP contribution in [0.1, 0.15) is 245 Å². The van der Waals surface area contributed by atoms with Crippen LogP contribution in [0.2, 0.25) is 0 Å². The van der Waals surface area contributed by atoms with Crippen LogP contribution in [0.4, 0.5) is 9.59 Å². The van der Waals surface area contributed by atoms with Crippen LogP contribution in [0, 0.1) is 46.3 Å². The van der Waals surface area contributed by atoms with E-state index >= 15 is 0 Å². The van der Waals surface area contributed by atoms with Crippen LogP contribution in [-0.2, 0) is 23.8 Å². The maximum atomic E-state index is 14.0. The maximum Gasteiger partial charge on any atom is 0.408 e. The fraction of sp³-hybridized carbons (Fsp3) is 0.900. The molecule has 3 saturated carbocycles. The lowest BCUT2D eigenvalue weighted by atomic mass is 9.47. The highest BCUT2D eigenvalue weighted by molar-refractivity contribution is 5.77. The summed E-state index contributed by atoms with van der Waals surface area (Å²) in [7, 11) is 0. The second-order valence-electron chi connectivity index (χ2n) is 26.1. The molecule has 0 aromatic rings. The minimum atomic E-state index is -0.616. The zero-order chi connectivity index (χ0) is 52.8. The van der Waals surface area contributed by atoms with E-state index in [0.717, 1.165) is 100.0 Å². The Balaban J connectivity index is 1.30. The molecule has 0 unspecified atom stereocenters. The van der Waals surface area contributed by atoms with Crippen molar-refractivity contribution in [2.45, 2.75) is 273 Å². The summed E-state index contributed by atoms with van der Waals surface area (Å²) in [6.07, 6.45) is 22.3. The molecule has 410 valence electrons. The molecule has 3 N–H and O–H groups in total. The highest BCUT2D eigenvalue weighted by atomic mass is 16.6. The fourth-order valence-electron chi connectivity index (χ4n) is 14.0. The lowest BCUT2D eigenvalue weighted by Gasteiger charge is -2.58. The summed E-state index contributed by atoms with van der Waals surface area (Å²) in [5.41, 5.74) is 0.172. The Morgan fingerprint density at radius 2 is 1.32 bits per heavy atom. The zero-order valence-electron chi connectivity index (χ0n) is 48.3. The second kappa shape index (κ2) is 26.6. The third-order valence-corrected chi connectivity index (χ3v) is 18.6. The number of rotatable bonds is 27. The van der Waals surface area contributed by atoms with Crippen molar-refractivity contribution in [2.24, 2.45) is 46.3 Å². The summed E-state index contributed by atoms with van der Waals surface area (Å²) < 4.78 is 17.4. The monoisotopic (exact) mass is 997 g/mol. The minimum absolute atomic E-state index is 0.0288. The first-order valence-corrected chi connectivity index (χ1v) is 29.2. The Hall–Kier alpha value is -2.82. The summed E-state index contributed by atoms with van der Waals surface area (Å²) in [6, 6.07) is 0. The Labute approximate surface area is 434 Å². The van der Waals surface area contributed by atoms with E-state index in [1.54, 1.807) is 0 Å². The topological polar surface area (TPSA) is 135 Å². The van der Waals surface area contributed by atoms with E-state index in [0.29, 0.717) is 44.2 Å². The molecule has 4 aliphatic rings. The molecule has 71 heavy (non-hydrogen) atoms. The van der Waals surface area contributed by atoms with Crippen LogP contribution in [0.3, 0.4) is 0 Å². The van der Waals surface area contributed by atoms with Gasteiger partial charge in [0.1, 0.15) is 17.3 Å². The Morgan fingerprint density at radius 1 is 0.704 bits per heavy atom. The Kier molecular flexibility index (Phi) is 22.8. The number of amides is 3. The minimum Gasteiger partial charge on any atom is -0.462 e. The van der Waals surface area contributed by atoms with Gasteiger partial charge in [-0.05, 0) is 204 Å².